The number of aromatic nitrogens is 3. The molecule has 1 aromatic heterocycles. The second-order valence-electron chi connectivity index (χ2n) is 6.35. The number of nitrogens with zero attached hydrogens (tertiary/aromatic N) is 4. The van der Waals surface area contributed by atoms with Gasteiger partial charge in [-0.1, -0.05) is 12.2 Å². The van der Waals surface area contributed by atoms with E-state index in [0.717, 1.165) is 32.4 Å². The molecule has 4 rings (SSSR count). The van der Waals surface area contributed by atoms with Crippen molar-refractivity contribution in [3.8, 4) is 0 Å². The Hall–Kier alpha value is -1.65. The highest BCUT2D eigenvalue weighted by atomic mass is 16.2. The lowest BCUT2D eigenvalue weighted by molar-refractivity contribution is -0.137. The summed E-state index contributed by atoms with van der Waals surface area (Å²) in [5.41, 5.74) is 0. The number of likely N-dealkylation sites (tertiary alicyclic amines) is 1. The van der Waals surface area contributed by atoms with Gasteiger partial charge in [-0.05, 0) is 37.5 Å². The molecule has 2 fully saturated rings. The molecule has 2 aliphatic carbocycles. The summed E-state index contributed by atoms with van der Waals surface area (Å²) in [7, 11) is 0. The van der Waals surface area contributed by atoms with Gasteiger partial charge in [0.05, 0.1) is 0 Å². The standard InChI is InChI=1S/C15H20N4O/c20-15(14-8-11-1-2-12(14)7-11)18-5-3-13(4-6-18)19-9-16-17-10-19/h1-2,9-14H,3-8H2/t11-,12+,14-/m1/s1. The third kappa shape index (κ3) is 1.96. The molecule has 3 atom stereocenters. The van der Waals surface area contributed by atoms with Gasteiger partial charge in [-0.3, -0.25) is 4.79 Å². The van der Waals surface area contributed by atoms with Crippen molar-refractivity contribution in [2.75, 3.05) is 13.1 Å². The summed E-state index contributed by atoms with van der Waals surface area (Å²) in [5, 5.41) is 7.73. The number of hydrogen-bond acceptors (Lipinski definition) is 3. The average molecular weight is 272 g/mol. The molecule has 5 heteroatoms. The van der Waals surface area contributed by atoms with Gasteiger partial charge in [0.25, 0.3) is 0 Å². The highest BCUT2D eigenvalue weighted by molar-refractivity contribution is 5.80. The molecule has 20 heavy (non-hydrogen) atoms. The smallest absolute Gasteiger partial charge is 0.226 e. The van der Waals surface area contributed by atoms with E-state index >= 15 is 0 Å². The summed E-state index contributed by atoms with van der Waals surface area (Å²) >= 11 is 0. The third-order valence-corrected chi connectivity index (χ3v) is 5.23. The molecule has 1 saturated carbocycles. The first-order valence-electron chi connectivity index (χ1n) is 7.62. The van der Waals surface area contributed by atoms with Crippen molar-refractivity contribution in [2.24, 2.45) is 17.8 Å². The van der Waals surface area contributed by atoms with Crippen LogP contribution in [0.5, 0.6) is 0 Å². The lowest BCUT2D eigenvalue weighted by Gasteiger charge is -2.35. The maximum atomic E-state index is 12.6. The molecule has 5 nitrogen and oxygen atoms in total. The van der Waals surface area contributed by atoms with Crippen molar-refractivity contribution in [1.29, 1.82) is 0 Å². The van der Waals surface area contributed by atoms with Gasteiger partial charge in [-0.15, -0.1) is 10.2 Å². The molecule has 1 amide bonds. The Kier molecular flexibility index (Phi) is 2.86. The van der Waals surface area contributed by atoms with Gasteiger partial charge in [0.1, 0.15) is 12.7 Å². The van der Waals surface area contributed by atoms with Crippen LogP contribution in [0.4, 0.5) is 0 Å². The monoisotopic (exact) mass is 272 g/mol. The van der Waals surface area contributed by atoms with Crippen LogP contribution in [0.1, 0.15) is 31.7 Å². The zero-order valence-electron chi connectivity index (χ0n) is 11.6. The molecular formula is C15H20N4O. The first-order chi connectivity index (χ1) is 9.81. The fraction of sp³-hybridized carbons (Fsp3) is 0.667. The van der Waals surface area contributed by atoms with Crippen LogP contribution in [-0.2, 0) is 4.79 Å². The third-order valence-electron chi connectivity index (χ3n) is 5.23. The summed E-state index contributed by atoms with van der Waals surface area (Å²) in [5.74, 6) is 1.84. The minimum absolute atomic E-state index is 0.261. The van der Waals surface area contributed by atoms with Gasteiger partial charge in [0.15, 0.2) is 0 Å². The Morgan fingerprint density at radius 3 is 2.40 bits per heavy atom. The summed E-state index contributed by atoms with van der Waals surface area (Å²) < 4.78 is 2.07. The van der Waals surface area contributed by atoms with Crippen LogP contribution < -0.4 is 0 Å². The summed E-state index contributed by atoms with van der Waals surface area (Å²) in [6, 6.07) is 0.453. The van der Waals surface area contributed by atoms with Crippen LogP contribution in [0.2, 0.25) is 0 Å². The molecular weight excluding hydrogens is 252 g/mol. The number of hydrogen-bond donors (Lipinski definition) is 0. The maximum absolute atomic E-state index is 12.6. The predicted molar refractivity (Wildman–Crippen MR) is 73.7 cm³/mol. The topological polar surface area (TPSA) is 51.0 Å². The summed E-state index contributed by atoms with van der Waals surface area (Å²) in [6.07, 6.45) is 12.4. The van der Waals surface area contributed by atoms with Crippen LogP contribution >= 0.6 is 0 Å². The Morgan fingerprint density at radius 2 is 1.80 bits per heavy atom. The predicted octanol–water partition coefficient (Wildman–Crippen LogP) is 1.65. The molecule has 0 radical (unpaired) electrons. The first-order valence-corrected chi connectivity index (χ1v) is 7.62. The number of amides is 1. The van der Waals surface area contributed by atoms with Crippen molar-refractivity contribution >= 4 is 5.91 Å². The van der Waals surface area contributed by atoms with Gasteiger partial charge in [-0.2, -0.15) is 0 Å². The normalized spacial score (nSPS) is 33.0. The van der Waals surface area contributed by atoms with E-state index < -0.39 is 0 Å². The lowest BCUT2D eigenvalue weighted by atomic mass is 9.91. The molecule has 1 saturated heterocycles. The van der Waals surface area contributed by atoms with E-state index in [1.807, 2.05) is 0 Å². The average Bonchev–Trinajstić information content (AvgIpc) is 3.23. The van der Waals surface area contributed by atoms with Crippen molar-refractivity contribution in [2.45, 2.75) is 31.7 Å². The van der Waals surface area contributed by atoms with Gasteiger partial charge in [0, 0.05) is 25.0 Å². The zero-order chi connectivity index (χ0) is 13.5. The van der Waals surface area contributed by atoms with Crippen LogP contribution in [0.3, 0.4) is 0 Å². The molecule has 2 bridgehead atoms. The van der Waals surface area contributed by atoms with E-state index in [-0.39, 0.29) is 5.92 Å². The number of piperidine rings is 1. The van der Waals surface area contributed by atoms with E-state index in [1.165, 1.54) is 6.42 Å². The summed E-state index contributed by atoms with van der Waals surface area (Å²) in [4.78, 5) is 14.7. The maximum Gasteiger partial charge on any atom is 0.226 e. The van der Waals surface area contributed by atoms with Gasteiger partial charge >= 0.3 is 0 Å². The Morgan fingerprint density at radius 1 is 1.05 bits per heavy atom. The van der Waals surface area contributed by atoms with E-state index in [4.69, 9.17) is 0 Å². The number of rotatable bonds is 2. The van der Waals surface area contributed by atoms with E-state index in [2.05, 4.69) is 31.8 Å². The van der Waals surface area contributed by atoms with Crippen molar-refractivity contribution in [1.82, 2.24) is 19.7 Å². The molecule has 1 aromatic rings. The molecule has 1 aliphatic heterocycles. The van der Waals surface area contributed by atoms with Crippen LogP contribution in [0.15, 0.2) is 24.8 Å². The van der Waals surface area contributed by atoms with E-state index in [0.29, 0.717) is 23.8 Å². The van der Waals surface area contributed by atoms with E-state index in [1.54, 1.807) is 12.7 Å². The van der Waals surface area contributed by atoms with Gasteiger partial charge < -0.3 is 9.47 Å². The molecule has 0 unspecified atom stereocenters. The highest BCUT2D eigenvalue weighted by Gasteiger charge is 2.41. The SMILES string of the molecule is O=C([C@@H]1C[C@@H]2C=C[C@H]1C2)N1CCC(n2cnnc2)CC1. The number of allylic oxidation sites excluding steroid dienone is 2. The fourth-order valence-corrected chi connectivity index (χ4v) is 4.08. The lowest BCUT2D eigenvalue weighted by Crippen LogP contribution is -2.43. The van der Waals surface area contributed by atoms with Crippen LogP contribution in [0, 0.1) is 17.8 Å². The quantitative estimate of drug-likeness (QED) is 0.769. The fourth-order valence-electron chi connectivity index (χ4n) is 4.08. The zero-order valence-corrected chi connectivity index (χ0v) is 11.6. The first kappa shape index (κ1) is 12.1. The second kappa shape index (κ2) is 4.72. The Balaban J connectivity index is 1.37. The minimum atomic E-state index is 0.261. The minimum Gasteiger partial charge on any atom is -0.342 e. The Bertz CT molecular complexity index is 516. The molecule has 3 aliphatic rings. The van der Waals surface area contributed by atoms with Gasteiger partial charge in [0.2, 0.25) is 5.91 Å². The van der Waals surface area contributed by atoms with Crippen molar-refractivity contribution in [3.05, 3.63) is 24.8 Å². The van der Waals surface area contributed by atoms with Crippen LogP contribution in [0.25, 0.3) is 0 Å². The molecule has 0 aromatic carbocycles. The molecule has 2 heterocycles. The van der Waals surface area contributed by atoms with Gasteiger partial charge in [-0.25, -0.2) is 0 Å². The molecule has 0 N–H and O–H groups in total. The molecule has 106 valence electrons. The van der Waals surface area contributed by atoms with Crippen molar-refractivity contribution in [3.63, 3.8) is 0 Å². The number of fused-ring (bicyclic) bond motifs is 2. The largest absolute Gasteiger partial charge is 0.342 e. The van der Waals surface area contributed by atoms with Crippen molar-refractivity contribution < 1.29 is 4.79 Å². The van der Waals surface area contributed by atoms with E-state index in [9.17, 15) is 4.79 Å². The summed E-state index contributed by atoms with van der Waals surface area (Å²) in [6.45, 7) is 1.75. The number of carbonyl (C=O) groups is 1. The molecule has 0 spiro atoms. The van der Waals surface area contributed by atoms with Crippen LogP contribution in [-0.4, -0.2) is 38.7 Å². The Labute approximate surface area is 118 Å². The highest BCUT2D eigenvalue weighted by Crippen LogP contribution is 2.44. The number of carbonyl (C=O) groups excluding carboxylic acids is 1. The second-order valence-corrected chi connectivity index (χ2v) is 6.35.